The quantitative estimate of drug-likeness (QED) is 0.485. The predicted molar refractivity (Wildman–Crippen MR) is 116 cm³/mol. The molecule has 0 spiro atoms. The van der Waals surface area contributed by atoms with Crippen molar-refractivity contribution < 1.29 is 9.53 Å². The number of benzene rings is 2. The lowest BCUT2D eigenvalue weighted by Gasteiger charge is -2.12. The fourth-order valence-corrected chi connectivity index (χ4v) is 3.35. The molecule has 30 heavy (non-hydrogen) atoms. The molecule has 1 amide bonds. The Morgan fingerprint density at radius 3 is 2.57 bits per heavy atom. The summed E-state index contributed by atoms with van der Waals surface area (Å²) in [5.74, 6) is 1.50. The number of rotatable bonds is 8. The molecule has 2 heterocycles. The molecule has 0 radical (unpaired) electrons. The Bertz CT molecular complexity index is 1120. The summed E-state index contributed by atoms with van der Waals surface area (Å²) in [5, 5.41) is 2.95. The van der Waals surface area contributed by atoms with Crippen molar-refractivity contribution in [3.8, 4) is 5.75 Å². The number of carbonyl (C=O) groups is 1. The second-order valence-corrected chi connectivity index (χ2v) is 6.93. The molecule has 0 unspecified atom stereocenters. The number of hydrogen-bond donors (Lipinski definition) is 1. The molecule has 0 saturated heterocycles. The highest BCUT2D eigenvalue weighted by Crippen LogP contribution is 2.17. The molecule has 6 nitrogen and oxygen atoms in total. The number of nitrogens with zero attached hydrogens (tertiary/aromatic N) is 3. The molecule has 0 saturated carbocycles. The number of carbonyl (C=O) groups excluding carboxylic acids is 1. The number of imidazole rings is 1. The highest BCUT2D eigenvalue weighted by Gasteiger charge is 2.12. The van der Waals surface area contributed by atoms with Crippen LogP contribution in [-0.2, 0) is 19.5 Å². The zero-order valence-corrected chi connectivity index (χ0v) is 16.9. The number of nitrogens with one attached hydrogen (secondary N) is 1. The van der Waals surface area contributed by atoms with Gasteiger partial charge in [0, 0.05) is 18.0 Å². The predicted octanol–water partition coefficient (Wildman–Crippen LogP) is 4.00. The van der Waals surface area contributed by atoms with Crippen molar-refractivity contribution in [3.05, 3.63) is 90.0 Å². The van der Waals surface area contributed by atoms with Gasteiger partial charge in [0.25, 0.3) is 5.91 Å². The van der Waals surface area contributed by atoms with E-state index in [9.17, 15) is 4.79 Å². The summed E-state index contributed by atoms with van der Waals surface area (Å²) in [4.78, 5) is 21.0. The Morgan fingerprint density at radius 1 is 1.03 bits per heavy atom. The summed E-state index contributed by atoms with van der Waals surface area (Å²) in [6.07, 6.45) is 4.22. The van der Waals surface area contributed by atoms with Gasteiger partial charge in [0.05, 0.1) is 24.1 Å². The smallest absolute Gasteiger partial charge is 0.251 e. The van der Waals surface area contributed by atoms with Crippen molar-refractivity contribution in [1.82, 2.24) is 19.9 Å². The fraction of sp³-hybridized carbons (Fsp3) is 0.208. The van der Waals surface area contributed by atoms with E-state index in [0.29, 0.717) is 25.3 Å². The minimum atomic E-state index is -0.150. The Balaban J connectivity index is 1.46. The summed E-state index contributed by atoms with van der Waals surface area (Å²) >= 11 is 0. The van der Waals surface area contributed by atoms with Crippen LogP contribution in [0.4, 0.5) is 0 Å². The van der Waals surface area contributed by atoms with E-state index in [1.54, 1.807) is 24.5 Å². The number of aryl methyl sites for hydroxylation is 1. The average Bonchev–Trinajstić information content (AvgIpc) is 3.16. The average molecular weight is 400 g/mol. The Labute approximate surface area is 175 Å². The van der Waals surface area contributed by atoms with Crippen molar-refractivity contribution >= 4 is 16.9 Å². The van der Waals surface area contributed by atoms with Gasteiger partial charge in [0.15, 0.2) is 0 Å². The molecular formula is C24H24N4O2. The van der Waals surface area contributed by atoms with E-state index in [-0.39, 0.29) is 5.91 Å². The lowest BCUT2D eigenvalue weighted by atomic mass is 10.2. The van der Waals surface area contributed by atoms with Crippen LogP contribution < -0.4 is 10.1 Å². The molecule has 0 bridgehead atoms. The minimum absolute atomic E-state index is 0.150. The van der Waals surface area contributed by atoms with Gasteiger partial charge in [-0.05, 0) is 48.4 Å². The van der Waals surface area contributed by atoms with Crippen LogP contribution in [0.1, 0.15) is 28.7 Å². The van der Waals surface area contributed by atoms with E-state index in [0.717, 1.165) is 29.0 Å². The Hall–Kier alpha value is -3.67. The van der Waals surface area contributed by atoms with E-state index in [1.165, 1.54) is 5.56 Å². The van der Waals surface area contributed by atoms with Crippen LogP contribution >= 0.6 is 0 Å². The second-order valence-electron chi connectivity index (χ2n) is 6.93. The molecule has 1 N–H and O–H groups in total. The maximum atomic E-state index is 12.4. The van der Waals surface area contributed by atoms with Gasteiger partial charge < -0.3 is 14.6 Å². The van der Waals surface area contributed by atoms with Gasteiger partial charge in [-0.15, -0.1) is 0 Å². The molecule has 152 valence electrons. The molecule has 2 aromatic carbocycles. The third kappa shape index (κ3) is 4.49. The molecule has 4 rings (SSSR count). The van der Waals surface area contributed by atoms with E-state index in [4.69, 9.17) is 9.72 Å². The first-order valence-corrected chi connectivity index (χ1v) is 10.1. The normalized spacial score (nSPS) is 10.8. The lowest BCUT2D eigenvalue weighted by molar-refractivity contribution is 0.0949. The van der Waals surface area contributed by atoms with Crippen molar-refractivity contribution in [2.45, 2.75) is 26.4 Å². The zero-order valence-electron chi connectivity index (χ0n) is 16.9. The van der Waals surface area contributed by atoms with Crippen LogP contribution in [0.15, 0.2) is 73.1 Å². The fourth-order valence-electron chi connectivity index (χ4n) is 3.35. The SMILES string of the molecule is CCc1ccc(OCCn2c(CNC(=O)c3ccncc3)nc3ccccc32)cc1. The molecule has 0 aliphatic rings. The summed E-state index contributed by atoms with van der Waals surface area (Å²) < 4.78 is 8.03. The van der Waals surface area contributed by atoms with E-state index >= 15 is 0 Å². The first-order chi connectivity index (χ1) is 14.7. The van der Waals surface area contributed by atoms with Crippen LogP contribution in [0.3, 0.4) is 0 Å². The van der Waals surface area contributed by atoms with Crippen LogP contribution in [0.25, 0.3) is 11.0 Å². The van der Waals surface area contributed by atoms with Gasteiger partial charge in [-0.1, -0.05) is 31.2 Å². The van der Waals surface area contributed by atoms with E-state index in [2.05, 4.69) is 33.9 Å². The minimum Gasteiger partial charge on any atom is -0.492 e. The highest BCUT2D eigenvalue weighted by molar-refractivity contribution is 5.93. The maximum absolute atomic E-state index is 12.4. The number of para-hydroxylation sites is 2. The molecular weight excluding hydrogens is 376 g/mol. The van der Waals surface area contributed by atoms with Gasteiger partial charge in [-0.25, -0.2) is 4.98 Å². The highest BCUT2D eigenvalue weighted by atomic mass is 16.5. The number of fused-ring (bicyclic) bond motifs is 1. The van der Waals surface area contributed by atoms with Crippen LogP contribution in [0.5, 0.6) is 5.75 Å². The number of amides is 1. The first-order valence-electron chi connectivity index (χ1n) is 10.1. The van der Waals surface area contributed by atoms with Gasteiger partial charge >= 0.3 is 0 Å². The van der Waals surface area contributed by atoms with Crippen molar-refractivity contribution in [2.24, 2.45) is 0 Å². The van der Waals surface area contributed by atoms with Gasteiger partial charge in [-0.3, -0.25) is 9.78 Å². The molecule has 0 fully saturated rings. The summed E-state index contributed by atoms with van der Waals surface area (Å²) in [7, 11) is 0. The summed E-state index contributed by atoms with van der Waals surface area (Å²) in [6.45, 7) is 3.61. The molecule has 0 aliphatic heterocycles. The maximum Gasteiger partial charge on any atom is 0.251 e. The van der Waals surface area contributed by atoms with Crippen LogP contribution in [0, 0.1) is 0 Å². The molecule has 2 aromatic heterocycles. The topological polar surface area (TPSA) is 69.0 Å². The molecule has 0 aliphatic carbocycles. The summed E-state index contributed by atoms with van der Waals surface area (Å²) in [5.41, 5.74) is 3.79. The molecule has 6 heteroatoms. The van der Waals surface area contributed by atoms with E-state index < -0.39 is 0 Å². The lowest BCUT2D eigenvalue weighted by Crippen LogP contribution is -2.25. The largest absolute Gasteiger partial charge is 0.492 e. The van der Waals surface area contributed by atoms with Crippen molar-refractivity contribution in [3.63, 3.8) is 0 Å². The van der Waals surface area contributed by atoms with E-state index in [1.807, 2.05) is 36.4 Å². The Kier molecular flexibility index (Phi) is 6.03. The van der Waals surface area contributed by atoms with Crippen LogP contribution in [-0.4, -0.2) is 27.0 Å². The Morgan fingerprint density at radius 2 is 1.80 bits per heavy atom. The second kappa shape index (κ2) is 9.22. The van der Waals surface area contributed by atoms with Gasteiger partial charge in [0.1, 0.15) is 18.2 Å². The van der Waals surface area contributed by atoms with Crippen molar-refractivity contribution in [2.75, 3.05) is 6.61 Å². The zero-order chi connectivity index (χ0) is 20.8. The number of pyridine rings is 1. The van der Waals surface area contributed by atoms with Crippen LogP contribution in [0.2, 0.25) is 0 Å². The van der Waals surface area contributed by atoms with Gasteiger partial charge in [-0.2, -0.15) is 0 Å². The van der Waals surface area contributed by atoms with Crippen molar-refractivity contribution in [1.29, 1.82) is 0 Å². The third-order valence-electron chi connectivity index (χ3n) is 5.00. The molecule has 4 aromatic rings. The molecule has 0 atom stereocenters. The summed E-state index contributed by atoms with van der Waals surface area (Å²) in [6, 6.07) is 19.5. The number of hydrogen-bond acceptors (Lipinski definition) is 4. The first kappa shape index (κ1) is 19.6. The standard InChI is InChI=1S/C24H24N4O2/c1-2-18-7-9-20(10-8-18)30-16-15-28-22-6-4-3-5-21(22)27-23(28)17-26-24(29)19-11-13-25-14-12-19/h3-14H,2,15-17H2,1H3,(H,26,29). The number of aromatic nitrogens is 3. The van der Waals surface area contributed by atoms with Gasteiger partial charge in [0.2, 0.25) is 0 Å². The third-order valence-corrected chi connectivity index (χ3v) is 5.00. The monoisotopic (exact) mass is 400 g/mol. The number of ether oxygens (including phenoxy) is 1.